The minimum absolute atomic E-state index is 0.291. The van der Waals surface area contributed by atoms with Crippen LogP contribution >= 0.6 is 11.6 Å². The van der Waals surface area contributed by atoms with Crippen LogP contribution in [0.4, 0.5) is 4.39 Å². The molecule has 5 nitrogen and oxygen atoms in total. The summed E-state index contributed by atoms with van der Waals surface area (Å²) in [6.45, 7) is 0.767. The molecule has 2 aromatic heterocycles. The highest BCUT2D eigenvalue weighted by Crippen LogP contribution is 2.31. The summed E-state index contributed by atoms with van der Waals surface area (Å²) in [5.74, 6) is 0.470. The fourth-order valence-corrected chi connectivity index (χ4v) is 3.95. The molecule has 0 amide bonds. The minimum atomic E-state index is -0.291. The molecule has 0 saturated heterocycles. The Hall–Kier alpha value is -3.74. The molecule has 0 atom stereocenters. The van der Waals surface area contributed by atoms with Gasteiger partial charge in [-0.2, -0.15) is 5.10 Å². The predicted molar refractivity (Wildman–Crippen MR) is 130 cm³/mol. The number of benzene rings is 3. The summed E-state index contributed by atoms with van der Waals surface area (Å²) in [5.41, 5.74) is 5.95. The smallest absolute Gasteiger partial charge is 0.163 e. The molecule has 0 spiro atoms. The molecule has 0 bridgehead atoms. The summed E-state index contributed by atoms with van der Waals surface area (Å²) in [7, 11) is 1.62. The summed E-state index contributed by atoms with van der Waals surface area (Å²) < 4.78 is 26.6. The van der Waals surface area contributed by atoms with Crippen molar-refractivity contribution < 1.29 is 13.9 Å². The third-order valence-electron chi connectivity index (χ3n) is 5.47. The van der Waals surface area contributed by atoms with Crippen LogP contribution in [0.3, 0.4) is 0 Å². The van der Waals surface area contributed by atoms with Crippen LogP contribution in [0.2, 0.25) is 5.02 Å². The number of halogens is 2. The fraction of sp³-hybridized carbons (Fsp3) is 0.111. The Labute approximate surface area is 201 Å². The lowest BCUT2D eigenvalue weighted by atomic mass is 10.1. The quantitative estimate of drug-likeness (QED) is 0.268. The van der Waals surface area contributed by atoms with Crippen molar-refractivity contribution >= 4 is 17.2 Å². The average molecular weight is 474 g/mol. The molecule has 0 radical (unpaired) electrons. The van der Waals surface area contributed by atoms with E-state index in [1.807, 2.05) is 54.6 Å². The van der Waals surface area contributed by atoms with Crippen LogP contribution in [0.5, 0.6) is 5.75 Å². The lowest BCUT2D eigenvalue weighted by molar-refractivity contribution is 0.181. The van der Waals surface area contributed by atoms with Gasteiger partial charge in [0.2, 0.25) is 0 Å². The molecule has 0 unspecified atom stereocenters. The topological polar surface area (TPSA) is 48.7 Å². The molecule has 34 heavy (non-hydrogen) atoms. The standard InChI is InChI=1S/C27H21ClFN3O2/c1-33-17-24-26(20-4-10-22(29)11-5-20)27-30-15-14-25(32(27)31-24)19-6-12-23(13-7-19)34-16-18-2-8-21(28)9-3-18/h2-15H,16-17H2,1H3. The molecule has 0 N–H and O–H groups in total. The molecule has 0 aliphatic rings. The molecule has 7 heteroatoms. The maximum Gasteiger partial charge on any atom is 0.163 e. The van der Waals surface area contributed by atoms with Gasteiger partial charge in [0.15, 0.2) is 5.65 Å². The zero-order chi connectivity index (χ0) is 23.5. The Morgan fingerprint density at radius 1 is 0.853 bits per heavy atom. The first-order chi connectivity index (χ1) is 16.6. The SMILES string of the molecule is COCc1nn2c(-c3ccc(OCc4ccc(Cl)cc4)cc3)ccnc2c1-c1ccc(F)cc1. The largest absolute Gasteiger partial charge is 0.489 e. The van der Waals surface area contributed by atoms with Crippen molar-refractivity contribution in [3.05, 3.63) is 107 Å². The summed E-state index contributed by atoms with van der Waals surface area (Å²) in [5, 5.41) is 5.48. The Balaban J connectivity index is 1.47. The molecule has 5 aromatic rings. The van der Waals surface area contributed by atoms with Gasteiger partial charge in [0.1, 0.15) is 18.2 Å². The van der Waals surface area contributed by atoms with Gasteiger partial charge < -0.3 is 9.47 Å². The molecule has 0 saturated carbocycles. The first kappa shape index (κ1) is 22.1. The normalized spacial score (nSPS) is 11.1. The number of rotatable bonds is 7. The van der Waals surface area contributed by atoms with Crippen molar-refractivity contribution in [2.75, 3.05) is 7.11 Å². The van der Waals surface area contributed by atoms with Crippen molar-refractivity contribution in [3.8, 4) is 28.1 Å². The Morgan fingerprint density at radius 3 is 2.26 bits per heavy atom. The third-order valence-corrected chi connectivity index (χ3v) is 5.73. The molecule has 0 fully saturated rings. The van der Waals surface area contributed by atoms with Crippen molar-refractivity contribution in [1.29, 1.82) is 0 Å². The number of hydrogen-bond donors (Lipinski definition) is 0. The van der Waals surface area contributed by atoms with Crippen molar-refractivity contribution in [3.63, 3.8) is 0 Å². The number of aromatic nitrogens is 3. The Bertz CT molecular complexity index is 1420. The minimum Gasteiger partial charge on any atom is -0.489 e. The first-order valence-electron chi connectivity index (χ1n) is 10.7. The van der Waals surface area contributed by atoms with E-state index in [0.717, 1.165) is 39.4 Å². The van der Waals surface area contributed by atoms with E-state index >= 15 is 0 Å². The maximum absolute atomic E-state index is 13.5. The number of ether oxygens (including phenoxy) is 2. The van der Waals surface area contributed by atoms with Crippen molar-refractivity contribution in [2.45, 2.75) is 13.2 Å². The highest BCUT2D eigenvalue weighted by Gasteiger charge is 2.18. The van der Waals surface area contributed by atoms with Crippen LogP contribution < -0.4 is 4.74 Å². The number of hydrogen-bond acceptors (Lipinski definition) is 4. The van der Waals surface area contributed by atoms with Crippen LogP contribution in [0.15, 0.2) is 85.1 Å². The second-order valence-electron chi connectivity index (χ2n) is 7.77. The molecule has 3 aromatic carbocycles. The average Bonchev–Trinajstić information content (AvgIpc) is 3.23. The molecule has 5 rings (SSSR count). The second-order valence-corrected chi connectivity index (χ2v) is 8.20. The lowest BCUT2D eigenvalue weighted by Gasteiger charge is -2.09. The Kier molecular flexibility index (Phi) is 6.25. The van der Waals surface area contributed by atoms with Crippen LogP contribution in [0, 0.1) is 5.82 Å². The third kappa shape index (κ3) is 4.51. The van der Waals surface area contributed by atoms with Gasteiger partial charge >= 0.3 is 0 Å². The van der Waals surface area contributed by atoms with Gasteiger partial charge in [-0.15, -0.1) is 0 Å². The van der Waals surface area contributed by atoms with E-state index in [0.29, 0.717) is 23.9 Å². The van der Waals surface area contributed by atoms with E-state index in [2.05, 4.69) is 4.98 Å². The van der Waals surface area contributed by atoms with E-state index in [-0.39, 0.29) is 5.82 Å². The lowest BCUT2D eigenvalue weighted by Crippen LogP contribution is -1.97. The molecule has 2 heterocycles. The zero-order valence-electron chi connectivity index (χ0n) is 18.4. The number of nitrogens with zero attached hydrogens (tertiary/aromatic N) is 3. The van der Waals surface area contributed by atoms with Gasteiger partial charge in [-0.25, -0.2) is 13.9 Å². The summed E-state index contributed by atoms with van der Waals surface area (Å²) in [6, 6.07) is 23.6. The van der Waals surface area contributed by atoms with Crippen molar-refractivity contribution in [1.82, 2.24) is 14.6 Å². The highest BCUT2D eigenvalue weighted by atomic mass is 35.5. The van der Waals surface area contributed by atoms with Gasteiger partial charge in [-0.3, -0.25) is 0 Å². The summed E-state index contributed by atoms with van der Waals surface area (Å²) >= 11 is 5.94. The molecule has 0 aliphatic heterocycles. The predicted octanol–water partition coefficient (Wildman–Crippen LogP) is 6.58. The fourth-order valence-electron chi connectivity index (χ4n) is 3.83. The van der Waals surface area contributed by atoms with Gasteiger partial charge in [0.25, 0.3) is 0 Å². The summed E-state index contributed by atoms with van der Waals surface area (Å²) in [6.07, 6.45) is 1.75. The zero-order valence-corrected chi connectivity index (χ0v) is 19.2. The number of fused-ring (bicyclic) bond motifs is 1. The summed E-state index contributed by atoms with van der Waals surface area (Å²) in [4.78, 5) is 4.57. The number of methoxy groups -OCH3 is 1. The van der Waals surface area contributed by atoms with E-state index in [4.69, 9.17) is 26.2 Å². The highest BCUT2D eigenvalue weighted by molar-refractivity contribution is 6.30. The van der Waals surface area contributed by atoms with E-state index in [1.54, 1.807) is 30.0 Å². The monoisotopic (exact) mass is 473 g/mol. The second kappa shape index (κ2) is 9.63. The van der Waals surface area contributed by atoms with E-state index in [1.165, 1.54) is 12.1 Å². The van der Waals surface area contributed by atoms with Gasteiger partial charge in [-0.1, -0.05) is 35.9 Å². The van der Waals surface area contributed by atoms with Crippen LogP contribution in [-0.4, -0.2) is 21.7 Å². The Morgan fingerprint density at radius 2 is 1.56 bits per heavy atom. The maximum atomic E-state index is 13.5. The molecular weight excluding hydrogens is 453 g/mol. The van der Waals surface area contributed by atoms with Gasteiger partial charge in [-0.05, 0) is 65.7 Å². The van der Waals surface area contributed by atoms with Gasteiger partial charge in [0, 0.05) is 23.9 Å². The van der Waals surface area contributed by atoms with Crippen LogP contribution in [-0.2, 0) is 18.0 Å². The van der Waals surface area contributed by atoms with E-state index < -0.39 is 0 Å². The molecule has 0 aliphatic carbocycles. The van der Waals surface area contributed by atoms with E-state index in [9.17, 15) is 4.39 Å². The molecule has 170 valence electrons. The first-order valence-corrected chi connectivity index (χ1v) is 11.1. The van der Waals surface area contributed by atoms with Crippen LogP contribution in [0.25, 0.3) is 28.0 Å². The van der Waals surface area contributed by atoms with Gasteiger partial charge in [0.05, 0.1) is 23.6 Å². The molecular formula is C27H21ClFN3O2. The van der Waals surface area contributed by atoms with Crippen LogP contribution in [0.1, 0.15) is 11.3 Å². The van der Waals surface area contributed by atoms with Crippen molar-refractivity contribution in [2.24, 2.45) is 0 Å².